The summed E-state index contributed by atoms with van der Waals surface area (Å²) in [5, 5.41) is -3.19. The van der Waals surface area contributed by atoms with E-state index in [0.29, 0.717) is 0 Å². The van der Waals surface area contributed by atoms with Crippen LogP contribution < -0.4 is 0 Å². The average Bonchev–Trinajstić information content (AvgIpc) is 2.09. The van der Waals surface area contributed by atoms with Crippen molar-refractivity contribution < 1.29 is 0 Å². The molecule has 0 amide bonds. The van der Waals surface area contributed by atoms with Gasteiger partial charge in [0.1, 0.15) is 0 Å². The van der Waals surface area contributed by atoms with E-state index in [1.54, 1.807) is 0 Å². The topological polar surface area (TPSA) is 0 Å². The van der Waals surface area contributed by atoms with E-state index in [4.69, 9.17) is 81.2 Å². The molecule has 1 saturated carbocycles. The minimum absolute atomic E-state index is 0.543. The fraction of sp³-hybridized carbons (Fsp3) is 1.00. The Kier molecular flexibility index (Phi) is 4.52. The SMILES string of the molecule is ClC1[C@@H](Cl)[C@H](Cl)C(Cl)(Cl)[C@H](Cl)[C@H]1Cl. The molecule has 1 fully saturated rings. The maximum Gasteiger partial charge on any atom is 0.153 e. The lowest BCUT2D eigenvalue weighted by Crippen LogP contribution is -2.57. The molecule has 5 atom stereocenters. The van der Waals surface area contributed by atoms with Gasteiger partial charge in [-0.05, 0) is 0 Å². The highest BCUT2D eigenvalue weighted by molar-refractivity contribution is 6.58. The molecule has 0 radical (unpaired) electrons. The lowest BCUT2D eigenvalue weighted by atomic mass is 9.97. The third kappa shape index (κ3) is 2.25. The second kappa shape index (κ2) is 4.49. The van der Waals surface area contributed by atoms with Crippen LogP contribution >= 0.6 is 81.2 Å². The molecule has 0 aliphatic heterocycles. The summed E-state index contributed by atoms with van der Waals surface area (Å²) in [4.78, 5) is 0. The minimum Gasteiger partial charge on any atom is -0.120 e. The van der Waals surface area contributed by atoms with Crippen molar-refractivity contribution in [3.63, 3.8) is 0 Å². The van der Waals surface area contributed by atoms with Gasteiger partial charge in [-0.1, -0.05) is 23.2 Å². The van der Waals surface area contributed by atoms with Crippen LogP contribution in [0.15, 0.2) is 0 Å². The van der Waals surface area contributed by atoms with Crippen molar-refractivity contribution in [1.29, 1.82) is 0 Å². The fourth-order valence-electron chi connectivity index (χ4n) is 1.08. The summed E-state index contributed by atoms with van der Waals surface area (Å²) >= 11 is 41.2. The van der Waals surface area contributed by atoms with Crippen LogP contribution in [0.25, 0.3) is 0 Å². The Morgan fingerprint density at radius 3 is 1.23 bits per heavy atom. The third-order valence-electron chi connectivity index (χ3n) is 1.90. The van der Waals surface area contributed by atoms with Crippen molar-refractivity contribution in [1.82, 2.24) is 0 Å². The molecule has 0 bridgehead atoms. The molecule has 0 saturated heterocycles. The Balaban J connectivity index is 2.93. The molecule has 13 heavy (non-hydrogen) atoms. The first kappa shape index (κ1) is 13.1. The quantitative estimate of drug-likeness (QED) is 0.585. The summed E-state index contributed by atoms with van der Waals surface area (Å²) in [7, 11) is 0. The highest BCUT2D eigenvalue weighted by Gasteiger charge is 2.56. The van der Waals surface area contributed by atoms with Gasteiger partial charge in [-0.25, -0.2) is 0 Å². The van der Waals surface area contributed by atoms with Gasteiger partial charge in [-0.3, -0.25) is 0 Å². The second-order valence-electron chi connectivity index (χ2n) is 2.81. The van der Waals surface area contributed by atoms with E-state index in [9.17, 15) is 0 Å². The van der Waals surface area contributed by atoms with Gasteiger partial charge in [-0.15, -0.1) is 58.0 Å². The monoisotopic (exact) mass is 322 g/mol. The van der Waals surface area contributed by atoms with Crippen LogP contribution in [0.2, 0.25) is 0 Å². The predicted octanol–water partition coefficient (Wildman–Crippen LogP) is 4.21. The Hall–Kier alpha value is 2.03. The number of halogens is 7. The number of hydrogen-bond donors (Lipinski definition) is 0. The molecular weight excluding hydrogens is 320 g/mol. The first-order valence-corrected chi connectivity index (χ1v) is 6.32. The molecule has 0 spiro atoms. The third-order valence-corrected chi connectivity index (χ3v) is 6.63. The number of alkyl halides is 7. The molecule has 0 heterocycles. The van der Waals surface area contributed by atoms with Crippen LogP contribution in [-0.2, 0) is 0 Å². The van der Waals surface area contributed by atoms with Gasteiger partial charge >= 0.3 is 0 Å². The molecule has 1 unspecified atom stereocenters. The number of rotatable bonds is 0. The molecule has 1 aliphatic rings. The van der Waals surface area contributed by atoms with Gasteiger partial charge in [0.25, 0.3) is 0 Å². The van der Waals surface area contributed by atoms with E-state index in [-0.39, 0.29) is 0 Å². The van der Waals surface area contributed by atoms with E-state index in [0.717, 1.165) is 0 Å². The molecular formula is C6H5Cl7. The minimum atomic E-state index is -1.35. The largest absolute Gasteiger partial charge is 0.153 e. The highest BCUT2D eigenvalue weighted by atomic mass is 35.5. The van der Waals surface area contributed by atoms with Gasteiger partial charge in [0.2, 0.25) is 0 Å². The molecule has 0 aromatic heterocycles. The molecule has 7 heteroatoms. The summed E-state index contributed by atoms with van der Waals surface area (Å²) in [6, 6.07) is 0. The van der Waals surface area contributed by atoms with Crippen molar-refractivity contribution in [2.45, 2.75) is 31.2 Å². The summed E-state index contributed by atoms with van der Waals surface area (Å²) in [6.07, 6.45) is 0. The zero-order valence-electron chi connectivity index (χ0n) is 6.03. The zero-order valence-corrected chi connectivity index (χ0v) is 11.3. The summed E-state index contributed by atoms with van der Waals surface area (Å²) in [6.45, 7) is 0. The summed E-state index contributed by atoms with van der Waals surface area (Å²) in [5.41, 5.74) is 0. The van der Waals surface area contributed by atoms with E-state index in [1.165, 1.54) is 0 Å². The summed E-state index contributed by atoms with van der Waals surface area (Å²) in [5.74, 6) is 0. The van der Waals surface area contributed by atoms with Crippen LogP contribution in [0.5, 0.6) is 0 Å². The van der Waals surface area contributed by atoms with E-state index >= 15 is 0 Å². The Bertz CT molecular complexity index is 175. The van der Waals surface area contributed by atoms with Gasteiger partial charge in [0, 0.05) is 0 Å². The van der Waals surface area contributed by atoms with Gasteiger partial charge in [-0.2, -0.15) is 0 Å². The van der Waals surface area contributed by atoms with Gasteiger partial charge < -0.3 is 0 Å². The maximum absolute atomic E-state index is 5.90. The fourth-order valence-corrected chi connectivity index (χ4v) is 3.75. The standard InChI is InChI=1S/C6H5Cl7/c7-1-2(8)4(10)6(12,13)5(11)3(1)9/h1-5H/t1?,2-,3+,4+,5-. The maximum atomic E-state index is 5.90. The predicted molar refractivity (Wildman–Crippen MR) is 62.6 cm³/mol. The molecule has 78 valence electrons. The van der Waals surface area contributed by atoms with E-state index in [1.807, 2.05) is 0 Å². The molecule has 0 aromatic carbocycles. The normalized spacial score (nSPS) is 50.5. The van der Waals surface area contributed by atoms with Crippen LogP contribution in [0.1, 0.15) is 0 Å². The highest BCUT2D eigenvalue weighted by Crippen LogP contribution is 2.49. The average molecular weight is 325 g/mol. The Morgan fingerprint density at radius 1 is 0.615 bits per heavy atom. The summed E-state index contributed by atoms with van der Waals surface area (Å²) < 4.78 is -1.35. The Morgan fingerprint density at radius 2 is 0.923 bits per heavy atom. The van der Waals surface area contributed by atoms with Crippen LogP contribution in [0.3, 0.4) is 0 Å². The molecule has 0 aromatic rings. The van der Waals surface area contributed by atoms with Gasteiger partial charge in [0.15, 0.2) is 4.33 Å². The second-order valence-corrected chi connectivity index (χ2v) is 6.71. The molecule has 1 rings (SSSR count). The van der Waals surface area contributed by atoms with Crippen molar-refractivity contribution in [3.8, 4) is 0 Å². The Labute approximate surface area is 112 Å². The van der Waals surface area contributed by atoms with Crippen LogP contribution in [0, 0.1) is 0 Å². The van der Waals surface area contributed by atoms with Crippen LogP contribution in [0.4, 0.5) is 0 Å². The van der Waals surface area contributed by atoms with E-state index in [2.05, 4.69) is 0 Å². The lowest BCUT2D eigenvalue weighted by Gasteiger charge is -2.42. The van der Waals surface area contributed by atoms with E-state index < -0.39 is 31.2 Å². The van der Waals surface area contributed by atoms with Crippen molar-refractivity contribution >= 4 is 81.2 Å². The van der Waals surface area contributed by atoms with Crippen molar-refractivity contribution in [2.75, 3.05) is 0 Å². The molecule has 1 aliphatic carbocycles. The molecule has 0 N–H and O–H groups in total. The van der Waals surface area contributed by atoms with Crippen LogP contribution in [-0.4, -0.2) is 31.2 Å². The number of hydrogen-bond acceptors (Lipinski definition) is 0. The lowest BCUT2D eigenvalue weighted by molar-refractivity contribution is 0.511. The molecule has 0 nitrogen and oxygen atoms in total. The van der Waals surface area contributed by atoms with Crippen molar-refractivity contribution in [3.05, 3.63) is 0 Å². The van der Waals surface area contributed by atoms with Crippen molar-refractivity contribution in [2.24, 2.45) is 0 Å². The first-order chi connectivity index (χ1) is 5.80. The first-order valence-electron chi connectivity index (χ1n) is 3.38. The zero-order chi connectivity index (χ0) is 10.4. The smallest absolute Gasteiger partial charge is 0.120 e. The van der Waals surface area contributed by atoms with Gasteiger partial charge in [0.05, 0.1) is 26.9 Å².